The summed E-state index contributed by atoms with van der Waals surface area (Å²) in [6, 6.07) is 16.3. The minimum absolute atomic E-state index is 0.0635. The van der Waals surface area contributed by atoms with Crippen LogP contribution in [0.1, 0.15) is 24.3 Å². The number of alkyl halides is 2. The molecule has 5 aliphatic rings. The number of aromatic hydroxyl groups is 1. The highest BCUT2D eigenvalue weighted by atomic mass is 35.5. The first kappa shape index (κ1) is 32.3. The van der Waals surface area contributed by atoms with Crippen molar-refractivity contribution < 1.29 is 33.4 Å². The van der Waals surface area contributed by atoms with Crippen molar-refractivity contribution in [2.45, 2.75) is 28.5 Å². The van der Waals surface area contributed by atoms with E-state index in [4.69, 9.17) is 39.5 Å². The van der Waals surface area contributed by atoms with Gasteiger partial charge in [0.25, 0.3) is 11.8 Å². The van der Waals surface area contributed by atoms with Gasteiger partial charge in [-0.1, -0.05) is 23.3 Å². The Morgan fingerprint density at radius 1 is 0.796 bits per heavy atom. The number of anilines is 3. The third-order valence-corrected chi connectivity index (χ3v) is 12.3. The van der Waals surface area contributed by atoms with Crippen molar-refractivity contribution in [2.75, 3.05) is 41.0 Å². The lowest BCUT2D eigenvalue weighted by atomic mass is 9.56. The van der Waals surface area contributed by atoms with Crippen molar-refractivity contribution >= 4 is 75.5 Å². The Hall–Kier alpha value is -3.96. The number of amides is 4. The lowest BCUT2D eigenvalue weighted by Gasteiger charge is -2.50. The maximum absolute atomic E-state index is 14.5. The van der Waals surface area contributed by atoms with E-state index in [1.54, 1.807) is 18.2 Å². The molecule has 4 fully saturated rings. The van der Waals surface area contributed by atoms with Crippen LogP contribution in [-0.4, -0.2) is 64.8 Å². The molecule has 9 nitrogen and oxygen atoms in total. The van der Waals surface area contributed by atoms with Gasteiger partial charge in [-0.05, 0) is 85.5 Å². The number of carbonyl (C=O) groups is 4. The van der Waals surface area contributed by atoms with Crippen molar-refractivity contribution in [1.82, 2.24) is 0 Å². The van der Waals surface area contributed by atoms with Crippen LogP contribution in [0.4, 0.5) is 21.5 Å². The normalized spacial score (nSPS) is 31.1. The van der Waals surface area contributed by atoms with Gasteiger partial charge in [-0.2, -0.15) is 0 Å². The molecule has 8 rings (SSSR count). The molecule has 3 aliphatic heterocycles. The zero-order valence-corrected chi connectivity index (χ0v) is 28.1. The molecule has 2 aliphatic carbocycles. The van der Waals surface area contributed by atoms with Gasteiger partial charge in [0.15, 0.2) is 9.75 Å². The van der Waals surface area contributed by atoms with Gasteiger partial charge in [-0.15, -0.1) is 23.2 Å². The number of phenols is 1. The third kappa shape index (κ3) is 4.60. The molecule has 0 aromatic heterocycles. The fourth-order valence-electron chi connectivity index (χ4n) is 8.39. The Balaban J connectivity index is 1.22. The van der Waals surface area contributed by atoms with E-state index in [9.17, 15) is 28.7 Å². The largest absolute Gasteiger partial charge is 0.508 e. The van der Waals surface area contributed by atoms with Crippen molar-refractivity contribution in [3.8, 4) is 5.75 Å². The molecule has 252 valence electrons. The molecule has 0 radical (unpaired) electrons. The molecule has 1 N–H and O–H groups in total. The number of imide groups is 2. The summed E-state index contributed by atoms with van der Waals surface area (Å²) in [6.45, 7) is 2.68. The molecule has 3 saturated heterocycles. The summed E-state index contributed by atoms with van der Waals surface area (Å²) in [5.74, 6) is -7.03. The van der Waals surface area contributed by atoms with E-state index in [2.05, 4.69) is 4.90 Å². The maximum atomic E-state index is 14.5. The van der Waals surface area contributed by atoms with Gasteiger partial charge in [0.1, 0.15) is 11.6 Å². The first-order valence-corrected chi connectivity index (χ1v) is 17.1. The molecule has 0 spiro atoms. The Morgan fingerprint density at radius 2 is 1.43 bits per heavy atom. The second-order valence-electron chi connectivity index (χ2n) is 13.1. The highest BCUT2D eigenvalue weighted by Crippen LogP contribution is 2.66. The van der Waals surface area contributed by atoms with Crippen LogP contribution >= 0.6 is 34.8 Å². The van der Waals surface area contributed by atoms with Crippen LogP contribution in [0.3, 0.4) is 0 Å². The van der Waals surface area contributed by atoms with Crippen molar-refractivity contribution in [3.63, 3.8) is 0 Å². The van der Waals surface area contributed by atoms with Gasteiger partial charge in [-0.25, -0.2) is 9.29 Å². The summed E-state index contributed by atoms with van der Waals surface area (Å²) in [6.07, 6.45) is 1.70. The minimum atomic E-state index is -2.18. The van der Waals surface area contributed by atoms with Crippen molar-refractivity contribution in [2.24, 2.45) is 17.8 Å². The van der Waals surface area contributed by atoms with Crippen LogP contribution in [0.5, 0.6) is 5.75 Å². The van der Waals surface area contributed by atoms with Gasteiger partial charge in [0.05, 0.1) is 36.4 Å². The quantitative estimate of drug-likeness (QED) is 0.206. The Labute approximate surface area is 295 Å². The highest BCUT2D eigenvalue weighted by molar-refractivity contribution is 6.58. The molecule has 6 atom stereocenters. The topological polar surface area (TPSA) is 107 Å². The van der Waals surface area contributed by atoms with Gasteiger partial charge in [0.2, 0.25) is 11.8 Å². The van der Waals surface area contributed by atoms with Crippen LogP contribution in [0.2, 0.25) is 5.02 Å². The summed E-state index contributed by atoms with van der Waals surface area (Å²) in [5.41, 5.74) is 2.09. The number of benzene rings is 3. The number of allylic oxidation sites excluding steroid dienone is 2. The van der Waals surface area contributed by atoms with E-state index < -0.39 is 57.0 Å². The summed E-state index contributed by atoms with van der Waals surface area (Å²) < 4.78 is 19.3. The number of phenolic OH excluding ortho intramolecular Hbond substituents is 1. The molecule has 3 aromatic rings. The minimum Gasteiger partial charge on any atom is -0.508 e. The van der Waals surface area contributed by atoms with E-state index in [1.807, 2.05) is 12.1 Å². The number of rotatable bonds is 4. The molecule has 0 bridgehead atoms. The summed E-state index contributed by atoms with van der Waals surface area (Å²) in [7, 11) is 0. The standard InChI is InChI=1S/C36H29Cl3FN3O6/c37-19-1-12-28(44)26(17-19)30-24-10-11-25-29(32(46)42(31(25)45)22-8-6-21(7-9-22)41-13-15-49-16-14-41)27(24)18-35(38)33(47)43(34(48)36(30,35)39)23-4-2-20(40)3-5-23/h1-10,12,17,25,27,29-30,44H,11,13-16,18H2. The molecule has 49 heavy (non-hydrogen) atoms. The van der Waals surface area contributed by atoms with E-state index in [-0.39, 0.29) is 40.8 Å². The van der Waals surface area contributed by atoms with Crippen LogP contribution in [0.15, 0.2) is 78.4 Å². The monoisotopic (exact) mass is 723 g/mol. The zero-order chi connectivity index (χ0) is 34.4. The average molecular weight is 725 g/mol. The lowest BCUT2D eigenvalue weighted by Crippen LogP contribution is -2.60. The van der Waals surface area contributed by atoms with Crippen LogP contribution in [0, 0.1) is 23.6 Å². The highest BCUT2D eigenvalue weighted by Gasteiger charge is 2.77. The molecular formula is C36H29Cl3FN3O6. The fraction of sp³-hybridized carbons (Fsp3) is 0.333. The third-order valence-electron chi connectivity index (χ3n) is 10.7. The smallest absolute Gasteiger partial charge is 0.258 e. The van der Waals surface area contributed by atoms with E-state index >= 15 is 0 Å². The number of nitrogens with zero attached hydrogens (tertiary/aromatic N) is 3. The summed E-state index contributed by atoms with van der Waals surface area (Å²) >= 11 is 21.1. The number of ether oxygens (including phenoxy) is 1. The molecular weight excluding hydrogens is 696 g/mol. The van der Waals surface area contributed by atoms with Gasteiger partial charge in [0, 0.05) is 35.3 Å². The lowest BCUT2D eigenvalue weighted by molar-refractivity contribution is -0.125. The average Bonchev–Trinajstić information content (AvgIpc) is 3.44. The fourth-order valence-corrected chi connectivity index (χ4v) is 9.50. The number of hydrogen-bond donors (Lipinski definition) is 1. The molecule has 6 unspecified atom stereocenters. The number of fused-ring (bicyclic) bond motifs is 4. The van der Waals surface area contributed by atoms with Crippen molar-refractivity contribution in [1.29, 1.82) is 0 Å². The first-order chi connectivity index (χ1) is 23.5. The van der Waals surface area contributed by atoms with Gasteiger partial charge >= 0.3 is 0 Å². The molecule has 3 heterocycles. The summed E-state index contributed by atoms with van der Waals surface area (Å²) in [4.78, 5) is 57.1. The molecule has 1 saturated carbocycles. The Kier molecular flexibility index (Phi) is 7.60. The SMILES string of the molecule is O=C1C2CC=C3C(CC4(Cl)C(=O)N(c5ccc(F)cc5)C(=O)C4(Cl)C3c3cc(Cl)ccc3O)C2C(=O)N1c1ccc(N2CCOCC2)cc1. The number of halogens is 4. The van der Waals surface area contributed by atoms with E-state index in [1.165, 1.54) is 35.2 Å². The number of carbonyl (C=O) groups excluding carboxylic acids is 4. The predicted octanol–water partition coefficient (Wildman–Crippen LogP) is 5.79. The van der Waals surface area contributed by atoms with Gasteiger partial charge < -0.3 is 14.7 Å². The second kappa shape index (κ2) is 11.6. The number of hydrogen-bond acceptors (Lipinski definition) is 7. The Morgan fingerprint density at radius 3 is 2.12 bits per heavy atom. The zero-order valence-electron chi connectivity index (χ0n) is 25.8. The molecule has 13 heteroatoms. The Bertz CT molecular complexity index is 1950. The second-order valence-corrected chi connectivity index (χ2v) is 14.8. The van der Waals surface area contributed by atoms with E-state index in [0.29, 0.717) is 24.5 Å². The first-order valence-electron chi connectivity index (χ1n) is 16.0. The van der Waals surface area contributed by atoms with Crippen molar-refractivity contribution in [3.05, 3.63) is 94.8 Å². The van der Waals surface area contributed by atoms with Crippen LogP contribution < -0.4 is 14.7 Å². The van der Waals surface area contributed by atoms with Gasteiger partial charge in [-0.3, -0.25) is 24.1 Å². The predicted molar refractivity (Wildman–Crippen MR) is 182 cm³/mol. The summed E-state index contributed by atoms with van der Waals surface area (Å²) in [5, 5.41) is 11.4. The molecule has 3 aromatic carbocycles. The number of morpholine rings is 1. The maximum Gasteiger partial charge on any atom is 0.258 e. The molecule has 4 amide bonds. The van der Waals surface area contributed by atoms with Crippen LogP contribution in [0.25, 0.3) is 0 Å². The van der Waals surface area contributed by atoms with E-state index in [0.717, 1.165) is 35.8 Å². The van der Waals surface area contributed by atoms with Crippen LogP contribution in [-0.2, 0) is 23.9 Å².